The van der Waals surface area contributed by atoms with Gasteiger partial charge in [0.05, 0.1) is 6.61 Å². The van der Waals surface area contributed by atoms with Gasteiger partial charge >= 0.3 is 12.0 Å². The molecule has 0 saturated carbocycles. The maximum absolute atomic E-state index is 11.3. The van der Waals surface area contributed by atoms with Crippen molar-refractivity contribution in [3.8, 4) is 0 Å². The maximum atomic E-state index is 11.3. The van der Waals surface area contributed by atoms with Crippen LogP contribution in [0.25, 0.3) is 0 Å². The van der Waals surface area contributed by atoms with Gasteiger partial charge in [-0.15, -0.1) is 0 Å². The smallest absolute Gasteiger partial charge is 0.328 e. The van der Waals surface area contributed by atoms with Gasteiger partial charge in [0.15, 0.2) is 0 Å². The standard InChI is InChI=1S/C8H17N3O3/c1-2-14-7(12)6(4-3-5-9)11-8(10)13/h6H,2-5,9H2,1H3,(H3,10,11,13). The molecule has 14 heavy (non-hydrogen) atoms. The van der Waals surface area contributed by atoms with Crippen molar-refractivity contribution in [3.05, 3.63) is 0 Å². The lowest BCUT2D eigenvalue weighted by Gasteiger charge is -2.15. The van der Waals surface area contributed by atoms with E-state index in [0.717, 1.165) is 0 Å². The molecule has 6 nitrogen and oxygen atoms in total. The van der Waals surface area contributed by atoms with Crippen molar-refractivity contribution in [1.82, 2.24) is 5.32 Å². The molecule has 0 aromatic rings. The molecule has 0 spiro atoms. The number of carbonyl (C=O) groups excluding carboxylic acids is 2. The summed E-state index contributed by atoms with van der Waals surface area (Å²) in [6.45, 7) is 2.43. The average Bonchev–Trinajstić information content (AvgIpc) is 2.12. The minimum absolute atomic E-state index is 0.276. The van der Waals surface area contributed by atoms with Gasteiger partial charge in [0.25, 0.3) is 0 Å². The molecule has 1 atom stereocenters. The number of urea groups is 1. The second-order valence-corrected chi connectivity index (χ2v) is 2.74. The van der Waals surface area contributed by atoms with E-state index < -0.39 is 18.0 Å². The van der Waals surface area contributed by atoms with E-state index in [-0.39, 0.29) is 6.61 Å². The van der Waals surface area contributed by atoms with Gasteiger partial charge in [-0.25, -0.2) is 9.59 Å². The highest BCUT2D eigenvalue weighted by atomic mass is 16.5. The normalized spacial score (nSPS) is 11.9. The average molecular weight is 203 g/mol. The second-order valence-electron chi connectivity index (χ2n) is 2.74. The van der Waals surface area contributed by atoms with Crippen molar-refractivity contribution in [2.24, 2.45) is 11.5 Å². The minimum Gasteiger partial charge on any atom is -0.464 e. The summed E-state index contributed by atoms with van der Waals surface area (Å²) in [5.41, 5.74) is 10.2. The zero-order valence-corrected chi connectivity index (χ0v) is 8.29. The summed E-state index contributed by atoms with van der Waals surface area (Å²) in [5.74, 6) is -0.472. The molecule has 0 heterocycles. The summed E-state index contributed by atoms with van der Waals surface area (Å²) < 4.78 is 4.75. The van der Waals surface area contributed by atoms with Crippen LogP contribution in [0, 0.1) is 0 Å². The number of rotatable bonds is 6. The summed E-state index contributed by atoms with van der Waals surface area (Å²) in [7, 11) is 0. The first-order chi connectivity index (χ1) is 6.61. The van der Waals surface area contributed by atoms with Gasteiger partial charge in [-0.3, -0.25) is 0 Å². The molecule has 0 aromatic carbocycles. The van der Waals surface area contributed by atoms with Gasteiger partial charge in [0.1, 0.15) is 6.04 Å². The molecule has 0 aromatic heterocycles. The Morgan fingerprint density at radius 1 is 1.50 bits per heavy atom. The van der Waals surface area contributed by atoms with Gasteiger partial charge in [-0.2, -0.15) is 0 Å². The van der Waals surface area contributed by atoms with E-state index >= 15 is 0 Å². The van der Waals surface area contributed by atoms with Crippen LogP contribution < -0.4 is 16.8 Å². The monoisotopic (exact) mass is 203 g/mol. The Labute approximate surface area is 83.0 Å². The molecule has 1 unspecified atom stereocenters. The molecule has 0 saturated heterocycles. The number of primary amides is 1. The van der Waals surface area contributed by atoms with Crippen LogP contribution in [0.5, 0.6) is 0 Å². The van der Waals surface area contributed by atoms with E-state index in [9.17, 15) is 9.59 Å². The molecule has 0 rings (SSSR count). The minimum atomic E-state index is -0.736. The molecule has 0 bridgehead atoms. The van der Waals surface area contributed by atoms with Crippen LogP contribution in [-0.2, 0) is 9.53 Å². The maximum Gasteiger partial charge on any atom is 0.328 e. The topological polar surface area (TPSA) is 107 Å². The molecule has 0 radical (unpaired) electrons. The quantitative estimate of drug-likeness (QED) is 0.497. The number of carbonyl (C=O) groups is 2. The number of amides is 2. The van der Waals surface area contributed by atoms with Gasteiger partial charge in [-0.05, 0) is 26.3 Å². The summed E-state index contributed by atoms with van der Waals surface area (Å²) in [6, 6.07) is -1.42. The molecule has 82 valence electrons. The van der Waals surface area contributed by atoms with E-state index in [0.29, 0.717) is 19.4 Å². The van der Waals surface area contributed by atoms with E-state index in [4.69, 9.17) is 16.2 Å². The Morgan fingerprint density at radius 3 is 2.57 bits per heavy atom. The predicted octanol–water partition coefficient (Wildman–Crippen LogP) is -0.675. The third-order valence-electron chi connectivity index (χ3n) is 1.58. The van der Waals surface area contributed by atoms with Crippen molar-refractivity contribution in [2.75, 3.05) is 13.2 Å². The van der Waals surface area contributed by atoms with Crippen molar-refractivity contribution < 1.29 is 14.3 Å². The number of esters is 1. The van der Waals surface area contributed by atoms with Gasteiger partial charge in [-0.1, -0.05) is 0 Å². The first kappa shape index (κ1) is 12.7. The van der Waals surface area contributed by atoms with E-state index in [2.05, 4.69) is 5.32 Å². The fraction of sp³-hybridized carbons (Fsp3) is 0.750. The van der Waals surface area contributed by atoms with E-state index in [1.165, 1.54) is 0 Å². The van der Waals surface area contributed by atoms with Gasteiger partial charge in [0, 0.05) is 0 Å². The fourth-order valence-electron chi connectivity index (χ4n) is 0.985. The van der Waals surface area contributed by atoms with Crippen molar-refractivity contribution in [3.63, 3.8) is 0 Å². The fourth-order valence-corrected chi connectivity index (χ4v) is 0.985. The van der Waals surface area contributed by atoms with E-state index in [1.54, 1.807) is 6.92 Å². The molecule has 5 N–H and O–H groups in total. The molecule has 0 aliphatic carbocycles. The van der Waals surface area contributed by atoms with E-state index in [1.807, 2.05) is 0 Å². The predicted molar refractivity (Wildman–Crippen MR) is 51.4 cm³/mol. The van der Waals surface area contributed by atoms with Crippen LogP contribution in [-0.4, -0.2) is 31.2 Å². The van der Waals surface area contributed by atoms with Crippen LogP contribution in [0.3, 0.4) is 0 Å². The molecule has 2 amide bonds. The number of nitrogens with two attached hydrogens (primary N) is 2. The lowest BCUT2D eigenvalue weighted by molar-refractivity contribution is -0.145. The van der Waals surface area contributed by atoms with Crippen LogP contribution in [0.2, 0.25) is 0 Å². The van der Waals surface area contributed by atoms with Gasteiger partial charge < -0.3 is 21.5 Å². The van der Waals surface area contributed by atoms with Crippen LogP contribution in [0.15, 0.2) is 0 Å². The summed E-state index contributed by atoms with van der Waals surface area (Å²) in [4.78, 5) is 21.8. The first-order valence-corrected chi connectivity index (χ1v) is 4.54. The number of hydrogen-bond acceptors (Lipinski definition) is 4. The van der Waals surface area contributed by atoms with Crippen molar-refractivity contribution in [1.29, 1.82) is 0 Å². The highest BCUT2D eigenvalue weighted by Gasteiger charge is 2.19. The Balaban J connectivity index is 4.08. The zero-order chi connectivity index (χ0) is 11.0. The third kappa shape index (κ3) is 5.36. The molecule has 0 aliphatic rings. The van der Waals surface area contributed by atoms with Gasteiger partial charge in [0.2, 0.25) is 0 Å². The summed E-state index contributed by atoms with van der Waals surface area (Å²) >= 11 is 0. The lowest BCUT2D eigenvalue weighted by Crippen LogP contribution is -2.44. The van der Waals surface area contributed by atoms with Crippen molar-refractivity contribution in [2.45, 2.75) is 25.8 Å². The Morgan fingerprint density at radius 2 is 2.14 bits per heavy atom. The lowest BCUT2D eigenvalue weighted by atomic mass is 10.1. The van der Waals surface area contributed by atoms with Crippen molar-refractivity contribution >= 4 is 12.0 Å². The van der Waals surface area contributed by atoms with Crippen LogP contribution in [0.1, 0.15) is 19.8 Å². The van der Waals surface area contributed by atoms with Crippen LogP contribution >= 0.6 is 0 Å². The second kappa shape index (κ2) is 7.14. The number of ether oxygens (including phenoxy) is 1. The largest absolute Gasteiger partial charge is 0.464 e. The number of hydrogen-bond donors (Lipinski definition) is 3. The SMILES string of the molecule is CCOC(=O)C(CCCN)NC(N)=O. The highest BCUT2D eigenvalue weighted by molar-refractivity contribution is 5.82. The highest BCUT2D eigenvalue weighted by Crippen LogP contribution is 1.98. The molecule has 0 fully saturated rings. The Hall–Kier alpha value is -1.30. The summed E-state index contributed by atoms with van der Waals surface area (Å²) in [5, 5.41) is 2.31. The molecule has 0 aliphatic heterocycles. The number of nitrogens with one attached hydrogen (secondary N) is 1. The molecular formula is C8H17N3O3. The molecule has 6 heteroatoms. The third-order valence-corrected chi connectivity index (χ3v) is 1.58. The zero-order valence-electron chi connectivity index (χ0n) is 8.29. The molecular weight excluding hydrogens is 186 g/mol. The Kier molecular flexibility index (Phi) is 6.47. The summed E-state index contributed by atoms with van der Waals surface area (Å²) in [6.07, 6.45) is 1.07. The first-order valence-electron chi connectivity index (χ1n) is 4.54. The Bertz CT molecular complexity index is 196. The van der Waals surface area contributed by atoms with Crippen LogP contribution in [0.4, 0.5) is 4.79 Å².